The van der Waals surface area contributed by atoms with Crippen molar-refractivity contribution in [3.63, 3.8) is 0 Å². The van der Waals surface area contributed by atoms with E-state index in [1.807, 2.05) is 5.38 Å². The average Bonchev–Trinajstić information content (AvgIpc) is 2.76. The SMILES string of the molecule is O=[N+]([O-])c1cc(CNC2CCOCC2)cs1. The van der Waals surface area contributed by atoms with Crippen LogP contribution >= 0.6 is 11.3 Å². The number of nitrogens with zero attached hydrogens (tertiary/aromatic N) is 1. The number of thiophene rings is 1. The summed E-state index contributed by atoms with van der Waals surface area (Å²) >= 11 is 1.18. The smallest absolute Gasteiger partial charge is 0.324 e. The minimum absolute atomic E-state index is 0.212. The molecule has 1 aromatic heterocycles. The second kappa shape index (κ2) is 5.38. The third-order valence-corrected chi connectivity index (χ3v) is 3.57. The molecule has 88 valence electrons. The molecule has 1 N–H and O–H groups in total. The van der Waals surface area contributed by atoms with Gasteiger partial charge in [0.2, 0.25) is 0 Å². The van der Waals surface area contributed by atoms with E-state index in [0.717, 1.165) is 31.6 Å². The maximum Gasteiger partial charge on any atom is 0.324 e. The Labute approximate surface area is 97.6 Å². The van der Waals surface area contributed by atoms with Crippen LogP contribution in [-0.4, -0.2) is 24.2 Å². The quantitative estimate of drug-likeness (QED) is 0.647. The van der Waals surface area contributed by atoms with Gasteiger partial charge in [0.1, 0.15) is 0 Å². The molecule has 6 heteroatoms. The fourth-order valence-corrected chi connectivity index (χ4v) is 2.44. The molecule has 0 unspecified atom stereocenters. The lowest BCUT2D eigenvalue weighted by atomic mass is 10.1. The zero-order chi connectivity index (χ0) is 11.4. The van der Waals surface area contributed by atoms with Gasteiger partial charge in [0, 0.05) is 37.2 Å². The lowest BCUT2D eigenvalue weighted by molar-refractivity contribution is -0.380. The summed E-state index contributed by atoms with van der Waals surface area (Å²) < 4.78 is 5.26. The van der Waals surface area contributed by atoms with E-state index in [4.69, 9.17) is 4.74 Å². The Morgan fingerprint density at radius 2 is 2.31 bits per heavy atom. The molecule has 0 amide bonds. The molecule has 0 radical (unpaired) electrons. The van der Waals surface area contributed by atoms with Gasteiger partial charge in [-0.15, -0.1) is 0 Å². The minimum Gasteiger partial charge on any atom is -0.381 e. The zero-order valence-corrected chi connectivity index (χ0v) is 9.66. The van der Waals surface area contributed by atoms with Crippen molar-refractivity contribution in [1.29, 1.82) is 0 Å². The number of nitro groups is 1. The predicted octanol–water partition coefficient (Wildman–Crippen LogP) is 1.92. The van der Waals surface area contributed by atoms with Gasteiger partial charge in [-0.25, -0.2) is 0 Å². The number of hydrogen-bond acceptors (Lipinski definition) is 5. The molecular weight excluding hydrogens is 228 g/mol. The molecular formula is C10H14N2O3S. The van der Waals surface area contributed by atoms with Gasteiger partial charge in [0.05, 0.1) is 4.92 Å². The maximum atomic E-state index is 10.5. The average molecular weight is 242 g/mol. The summed E-state index contributed by atoms with van der Waals surface area (Å²) in [6.45, 7) is 2.32. The first-order valence-electron chi connectivity index (χ1n) is 5.28. The van der Waals surface area contributed by atoms with Gasteiger partial charge in [-0.05, 0) is 18.4 Å². The van der Waals surface area contributed by atoms with Crippen LogP contribution in [-0.2, 0) is 11.3 Å². The number of nitrogens with one attached hydrogen (secondary N) is 1. The molecule has 5 nitrogen and oxygen atoms in total. The molecule has 0 aliphatic carbocycles. The molecule has 0 bridgehead atoms. The van der Waals surface area contributed by atoms with E-state index < -0.39 is 0 Å². The van der Waals surface area contributed by atoms with Crippen molar-refractivity contribution in [2.24, 2.45) is 0 Å². The van der Waals surface area contributed by atoms with Crippen LogP contribution in [0.1, 0.15) is 18.4 Å². The van der Waals surface area contributed by atoms with E-state index in [2.05, 4.69) is 5.32 Å². The van der Waals surface area contributed by atoms with Crippen molar-refractivity contribution in [2.75, 3.05) is 13.2 Å². The van der Waals surface area contributed by atoms with E-state index in [1.54, 1.807) is 6.07 Å². The second-order valence-electron chi connectivity index (χ2n) is 3.82. The summed E-state index contributed by atoms with van der Waals surface area (Å²) in [5.41, 5.74) is 0.989. The molecule has 2 heterocycles. The van der Waals surface area contributed by atoms with Crippen molar-refractivity contribution in [1.82, 2.24) is 5.32 Å². The van der Waals surface area contributed by atoms with Crippen molar-refractivity contribution >= 4 is 16.3 Å². The van der Waals surface area contributed by atoms with Crippen LogP contribution in [0.15, 0.2) is 11.4 Å². The highest BCUT2D eigenvalue weighted by atomic mass is 32.1. The lowest BCUT2D eigenvalue weighted by Crippen LogP contribution is -2.34. The van der Waals surface area contributed by atoms with Crippen LogP contribution < -0.4 is 5.32 Å². The molecule has 1 aliphatic heterocycles. The Bertz CT molecular complexity index is 361. The number of ether oxygens (including phenoxy) is 1. The molecule has 0 saturated carbocycles. The van der Waals surface area contributed by atoms with E-state index in [1.165, 1.54) is 11.3 Å². The van der Waals surface area contributed by atoms with Crippen molar-refractivity contribution < 1.29 is 9.66 Å². The molecule has 2 rings (SSSR count). The third-order valence-electron chi connectivity index (χ3n) is 2.64. The normalized spacial score (nSPS) is 17.5. The Kier molecular flexibility index (Phi) is 3.87. The summed E-state index contributed by atoms with van der Waals surface area (Å²) in [6.07, 6.45) is 2.04. The topological polar surface area (TPSA) is 64.4 Å². The molecule has 1 saturated heterocycles. The summed E-state index contributed by atoms with van der Waals surface area (Å²) in [5, 5.41) is 15.9. The monoisotopic (exact) mass is 242 g/mol. The molecule has 0 atom stereocenters. The van der Waals surface area contributed by atoms with Crippen molar-refractivity contribution in [3.8, 4) is 0 Å². The van der Waals surface area contributed by atoms with Gasteiger partial charge in [-0.3, -0.25) is 10.1 Å². The largest absolute Gasteiger partial charge is 0.381 e. The fraction of sp³-hybridized carbons (Fsp3) is 0.600. The summed E-state index contributed by atoms with van der Waals surface area (Å²) in [7, 11) is 0. The van der Waals surface area contributed by atoms with Gasteiger partial charge in [0.25, 0.3) is 0 Å². The lowest BCUT2D eigenvalue weighted by Gasteiger charge is -2.22. The molecule has 1 aliphatic rings. The van der Waals surface area contributed by atoms with Crippen LogP contribution in [0.4, 0.5) is 5.00 Å². The highest BCUT2D eigenvalue weighted by molar-refractivity contribution is 7.13. The molecule has 0 aromatic carbocycles. The van der Waals surface area contributed by atoms with Crippen molar-refractivity contribution in [2.45, 2.75) is 25.4 Å². The van der Waals surface area contributed by atoms with Crippen LogP contribution in [0.2, 0.25) is 0 Å². The summed E-state index contributed by atoms with van der Waals surface area (Å²) in [5.74, 6) is 0. The van der Waals surface area contributed by atoms with Crippen LogP contribution in [0, 0.1) is 10.1 Å². The Balaban J connectivity index is 1.81. The highest BCUT2D eigenvalue weighted by Gasteiger charge is 2.14. The Morgan fingerprint density at radius 3 is 2.94 bits per heavy atom. The molecule has 0 spiro atoms. The summed E-state index contributed by atoms with van der Waals surface area (Å²) in [6, 6.07) is 2.12. The van der Waals surface area contributed by atoms with E-state index in [0.29, 0.717) is 12.6 Å². The minimum atomic E-state index is -0.345. The van der Waals surface area contributed by atoms with Crippen LogP contribution in [0.3, 0.4) is 0 Å². The van der Waals surface area contributed by atoms with Gasteiger partial charge < -0.3 is 10.1 Å². The van der Waals surface area contributed by atoms with Crippen LogP contribution in [0.5, 0.6) is 0 Å². The first-order valence-corrected chi connectivity index (χ1v) is 6.16. The number of rotatable bonds is 4. The summed E-state index contributed by atoms with van der Waals surface area (Å²) in [4.78, 5) is 10.2. The standard InChI is InChI=1S/C10H14N2O3S/c13-12(14)10-5-8(7-16-10)6-11-9-1-3-15-4-2-9/h5,7,9,11H,1-4,6H2. The zero-order valence-electron chi connectivity index (χ0n) is 8.85. The number of hydrogen-bond donors (Lipinski definition) is 1. The van der Waals surface area contributed by atoms with E-state index in [9.17, 15) is 10.1 Å². The molecule has 1 aromatic rings. The first-order chi connectivity index (χ1) is 7.75. The molecule has 1 fully saturated rings. The van der Waals surface area contributed by atoms with Crippen molar-refractivity contribution in [3.05, 3.63) is 27.1 Å². The van der Waals surface area contributed by atoms with Gasteiger partial charge >= 0.3 is 5.00 Å². The maximum absolute atomic E-state index is 10.5. The Hall–Kier alpha value is -0.980. The Morgan fingerprint density at radius 1 is 1.56 bits per heavy atom. The van der Waals surface area contributed by atoms with Gasteiger partial charge in [-0.2, -0.15) is 0 Å². The third kappa shape index (κ3) is 3.01. The fourth-order valence-electron chi connectivity index (χ4n) is 1.72. The van der Waals surface area contributed by atoms with Gasteiger partial charge in [0.15, 0.2) is 0 Å². The van der Waals surface area contributed by atoms with Gasteiger partial charge in [-0.1, -0.05) is 11.3 Å². The first kappa shape index (κ1) is 11.5. The van der Waals surface area contributed by atoms with E-state index in [-0.39, 0.29) is 9.92 Å². The van der Waals surface area contributed by atoms with Crippen LogP contribution in [0.25, 0.3) is 0 Å². The highest BCUT2D eigenvalue weighted by Crippen LogP contribution is 2.22. The predicted molar refractivity (Wildman–Crippen MR) is 61.7 cm³/mol. The molecule has 16 heavy (non-hydrogen) atoms. The second-order valence-corrected chi connectivity index (χ2v) is 4.71. The van der Waals surface area contributed by atoms with E-state index >= 15 is 0 Å².